The first-order valence-electron chi connectivity index (χ1n) is 8.57. The first kappa shape index (κ1) is 17.3. The third kappa shape index (κ3) is 3.17. The van der Waals surface area contributed by atoms with Crippen molar-refractivity contribution >= 4 is 33.5 Å². The summed E-state index contributed by atoms with van der Waals surface area (Å²) >= 11 is 0. The van der Waals surface area contributed by atoms with E-state index < -0.39 is 11.9 Å². The van der Waals surface area contributed by atoms with Gasteiger partial charge in [0.15, 0.2) is 0 Å². The number of hydrogen-bond acceptors (Lipinski definition) is 2. The molecule has 0 radical (unpaired) electrons. The van der Waals surface area contributed by atoms with Gasteiger partial charge in [-0.25, -0.2) is 9.59 Å². The molecule has 134 valence electrons. The second-order valence-electron chi connectivity index (χ2n) is 6.35. The van der Waals surface area contributed by atoms with E-state index in [1.807, 2.05) is 42.5 Å². The zero-order valence-corrected chi connectivity index (χ0v) is 14.6. The molecule has 0 saturated carbocycles. The van der Waals surface area contributed by atoms with Crippen LogP contribution in [0.15, 0.2) is 72.8 Å². The zero-order chi connectivity index (χ0) is 19.7. The van der Waals surface area contributed by atoms with Gasteiger partial charge in [0.1, 0.15) is 0 Å². The van der Waals surface area contributed by atoms with Crippen molar-refractivity contribution in [2.75, 3.05) is 0 Å². The van der Waals surface area contributed by atoms with Crippen LogP contribution in [-0.4, -0.2) is 22.2 Å². The van der Waals surface area contributed by atoms with Crippen molar-refractivity contribution < 1.29 is 19.8 Å². The molecule has 4 aromatic carbocycles. The smallest absolute Gasteiger partial charge is 0.337 e. The molecule has 4 aromatic rings. The molecule has 4 rings (SSSR count). The maximum absolute atomic E-state index is 11.9. The van der Waals surface area contributed by atoms with Crippen molar-refractivity contribution in [1.82, 2.24) is 0 Å². The highest BCUT2D eigenvalue weighted by Crippen LogP contribution is 2.24. The third-order valence-electron chi connectivity index (χ3n) is 4.57. The summed E-state index contributed by atoms with van der Waals surface area (Å²) in [4.78, 5) is 23.0. The van der Waals surface area contributed by atoms with Crippen LogP contribution in [0.3, 0.4) is 0 Å². The van der Waals surface area contributed by atoms with Gasteiger partial charge in [0.05, 0.1) is 11.1 Å². The van der Waals surface area contributed by atoms with Crippen LogP contribution in [0.2, 0.25) is 0 Å². The summed E-state index contributed by atoms with van der Waals surface area (Å²) in [6, 6.07) is 21.5. The molecule has 0 heterocycles. The second-order valence-corrected chi connectivity index (χ2v) is 6.35. The molecule has 0 saturated heterocycles. The number of carboxylic acids is 2. The lowest BCUT2D eigenvalue weighted by Gasteiger charge is -2.06. The van der Waals surface area contributed by atoms with Crippen molar-refractivity contribution in [3.05, 3.63) is 95.1 Å². The Labute approximate surface area is 160 Å². The van der Waals surface area contributed by atoms with Gasteiger partial charge in [-0.3, -0.25) is 0 Å². The number of carboxylic acid groups (broad SMARTS) is 2. The van der Waals surface area contributed by atoms with Gasteiger partial charge >= 0.3 is 11.9 Å². The molecule has 0 aromatic heterocycles. The maximum Gasteiger partial charge on any atom is 0.337 e. The standard InChI is InChI=1S/C24H14O4/c25-23(26)20-11-12-21-19(14-20)10-9-17(22(21)24(27)28)8-6-15-5-7-16-3-1-2-4-18(16)13-15/h1-5,7,9-14H,(H,25,26)(H,27,28). The predicted molar refractivity (Wildman–Crippen MR) is 108 cm³/mol. The molecule has 0 spiro atoms. The SMILES string of the molecule is O=C(O)c1ccc2c(C(=O)O)c(C#Cc3ccc4ccccc4c3)ccc2c1. The molecular formula is C24H14O4. The fourth-order valence-corrected chi connectivity index (χ4v) is 3.20. The van der Waals surface area contributed by atoms with E-state index in [1.54, 1.807) is 12.1 Å². The highest BCUT2D eigenvalue weighted by molar-refractivity contribution is 6.07. The average Bonchev–Trinajstić information content (AvgIpc) is 2.70. The highest BCUT2D eigenvalue weighted by atomic mass is 16.4. The van der Waals surface area contributed by atoms with Crippen LogP contribution >= 0.6 is 0 Å². The summed E-state index contributed by atoms with van der Waals surface area (Å²) in [6.45, 7) is 0. The number of rotatable bonds is 2. The molecule has 0 amide bonds. The van der Waals surface area contributed by atoms with Crippen molar-refractivity contribution in [3.63, 3.8) is 0 Å². The van der Waals surface area contributed by atoms with Crippen molar-refractivity contribution in [2.45, 2.75) is 0 Å². The minimum absolute atomic E-state index is 0.0720. The van der Waals surface area contributed by atoms with Gasteiger partial charge in [-0.1, -0.05) is 54.3 Å². The fraction of sp³-hybridized carbons (Fsp3) is 0. The van der Waals surface area contributed by atoms with E-state index in [2.05, 4.69) is 11.8 Å². The first-order chi connectivity index (χ1) is 13.5. The summed E-state index contributed by atoms with van der Waals surface area (Å²) in [6.07, 6.45) is 0. The van der Waals surface area contributed by atoms with Crippen molar-refractivity contribution in [2.24, 2.45) is 0 Å². The van der Waals surface area contributed by atoms with Crippen LogP contribution in [-0.2, 0) is 0 Å². The van der Waals surface area contributed by atoms with Crippen LogP contribution in [0.25, 0.3) is 21.5 Å². The quantitative estimate of drug-likeness (QED) is 0.500. The van der Waals surface area contributed by atoms with Gasteiger partial charge in [0, 0.05) is 11.1 Å². The Bertz CT molecular complexity index is 1320. The van der Waals surface area contributed by atoms with E-state index >= 15 is 0 Å². The van der Waals surface area contributed by atoms with E-state index in [0.29, 0.717) is 16.3 Å². The van der Waals surface area contributed by atoms with Crippen LogP contribution < -0.4 is 0 Å². The van der Waals surface area contributed by atoms with Crippen molar-refractivity contribution in [3.8, 4) is 11.8 Å². The summed E-state index contributed by atoms with van der Waals surface area (Å²) in [5.41, 5.74) is 1.36. The Hall–Kier alpha value is -4.10. The van der Waals surface area contributed by atoms with Crippen LogP contribution in [0.5, 0.6) is 0 Å². The highest BCUT2D eigenvalue weighted by Gasteiger charge is 2.15. The van der Waals surface area contributed by atoms with E-state index in [-0.39, 0.29) is 11.1 Å². The average molecular weight is 366 g/mol. The Morgan fingerprint density at radius 3 is 2.18 bits per heavy atom. The number of carbonyl (C=O) groups is 2. The van der Waals surface area contributed by atoms with E-state index in [9.17, 15) is 14.7 Å². The summed E-state index contributed by atoms with van der Waals surface area (Å²) in [5, 5.41) is 22.0. The molecule has 0 atom stereocenters. The van der Waals surface area contributed by atoms with Gasteiger partial charge in [-0.05, 0) is 51.9 Å². The molecule has 0 aliphatic carbocycles. The summed E-state index contributed by atoms with van der Waals surface area (Å²) in [5.74, 6) is 3.84. The van der Waals surface area contributed by atoms with Crippen molar-refractivity contribution in [1.29, 1.82) is 0 Å². The van der Waals surface area contributed by atoms with Crippen LogP contribution in [0, 0.1) is 11.8 Å². The van der Waals surface area contributed by atoms with Gasteiger partial charge in [0.2, 0.25) is 0 Å². The second kappa shape index (κ2) is 6.90. The Balaban J connectivity index is 1.83. The number of hydrogen-bond donors (Lipinski definition) is 2. The molecule has 0 unspecified atom stereocenters. The Morgan fingerprint density at radius 2 is 1.43 bits per heavy atom. The normalized spacial score (nSPS) is 10.4. The molecule has 2 N–H and O–H groups in total. The van der Waals surface area contributed by atoms with Gasteiger partial charge in [0.25, 0.3) is 0 Å². The minimum atomic E-state index is -1.10. The van der Waals surface area contributed by atoms with Gasteiger partial charge in [-0.15, -0.1) is 0 Å². The van der Waals surface area contributed by atoms with E-state index in [0.717, 1.165) is 16.3 Å². The lowest BCUT2D eigenvalue weighted by Crippen LogP contribution is -2.03. The topological polar surface area (TPSA) is 74.6 Å². The lowest BCUT2D eigenvalue weighted by molar-refractivity contribution is 0.0688. The molecular weight excluding hydrogens is 352 g/mol. The molecule has 0 aliphatic heterocycles. The lowest BCUT2D eigenvalue weighted by atomic mass is 9.97. The third-order valence-corrected chi connectivity index (χ3v) is 4.57. The molecule has 28 heavy (non-hydrogen) atoms. The number of fused-ring (bicyclic) bond motifs is 2. The molecule has 0 bridgehead atoms. The predicted octanol–water partition coefficient (Wildman–Crippen LogP) is 4.79. The Morgan fingerprint density at radius 1 is 0.679 bits per heavy atom. The molecule has 4 nitrogen and oxygen atoms in total. The minimum Gasteiger partial charge on any atom is -0.478 e. The van der Waals surface area contributed by atoms with Crippen LogP contribution in [0.1, 0.15) is 31.8 Å². The van der Waals surface area contributed by atoms with E-state index in [1.165, 1.54) is 18.2 Å². The monoisotopic (exact) mass is 366 g/mol. The molecule has 4 heteroatoms. The molecule has 0 fully saturated rings. The largest absolute Gasteiger partial charge is 0.478 e. The summed E-state index contributed by atoms with van der Waals surface area (Å²) in [7, 11) is 0. The fourth-order valence-electron chi connectivity index (χ4n) is 3.20. The molecule has 0 aliphatic rings. The van der Waals surface area contributed by atoms with Gasteiger partial charge in [-0.2, -0.15) is 0 Å². The maximum atomic E-state index is 11.9. The van der Waals surface area contributed by atoms with E-state index in [4.69, 9.17) is 5.11 Å². The Kier molecular flexibility index (Phi) is 4.27. The number of benzene rings is 4. The summed E-state index contributed by atoms with van der Waals surface area (Å²) < 4.78 is 0. The van der Waals surface area contributed by atoms with Crippen LogP contribution in [0.4, 0.5) is 0 Å². The first-order valence-corrected chi connectivity index (χ1v) is 8.57. The zero-order valence-electron chi connectivity index (χ0n) is 14.6. The van der Waals surface area contributed by atoms with Gasteiger partial charge < -0.3 is 10.2 Å². The number of aromatic carboxylic acids is 2.